The van der Waals surface area contributed by atoms with Gasteiger partial charge in [-0.3, -0.25) is 14.5 Å². The second-order valence-corrected chi connectivity index (χ2v) is 12.2. The van der Waals surface area contributed by atoms with Crippen molar-refractivity contribution in [2.75, 3.05) is 11.1 Å². The number of β-lactam (4-membered cyclic amide) rings is 1. The average molecular weight is 610 g/mol. The molecular formula is C32H27N5O4S2. The lowest BCUT2D eigenvalue weighted by atomic mass is 9.77. The number of thioether (sulfide) groups is 1. The van der Waals surface area contributed by atoms with Crippen LogP contribution in [0.4, 0.5) is 5.13 Å². The molecule has 0 saturated carbocycles. The van der Waals surface area contributed by atoms with E-state index in [0.29, 0.717) is 21.5 Å². The lowest BCUT2D eigenvalue weighted by molar-refractivity contribution is -0.150. The fourth-order valence-corrected chi connectivity index (χ4v) is 7.61. The number of carboxylic acid groups (broad SMARTS) is 1. The third kappa shape index (κ3) is 5.21. The average Bonchev–Trinajstić information content (AvgIpc) is 3.49. The molecule has 3 N–H and O–H groups in total. The van der Waals surface area contributed by atoms with Crippen LogP contribution in [0, 0.1) is 0 Å². The lowest BCUT2D eigenvalue weighted by Crippen LogP contribution is -2.70. The van der Waals surface area contributed by atoms with Crippen LogP contribution >= 0.6 is 23.1 Å². The van der Waals surface area contributed by atoms with Crippen LogP contribution < -0.4 is 10.6 Å². The maximum Gasteiger partial charge on any atom is 0.352 e. The van der Waals surface area contributed by atoms with Gasteiger partial charge in [-0.1, -0.05) is 115 Å². The number of aliphatic carboxylic acids is 1. The van der Waals surface area contributed by atoms with E-state index in [4.69, 9.17) is 0 Å². The maximum atomic E-state index is 13.0. The lowest BCUT2D eigenvalue weighted by Gasteiger charge is -2.49. The van der Waals surface area contributed by atoms with Gasteiger partial charge in [0.2, 0.25) is 11.0 Å². The number of carbonyl (C=O) groups excluding carboxylic acids is 2. The van der Waals surface area contributed by atoms with Gasteiger partial charge in [-0.2, -0.15) is 0 Å². The van der Waals surface area contributed by atoms with E-state index in [2.05, 4.69) is 63.8 Å². The van der Waals surface area contributed by atoms with Crippen LogP contribution in [-0.2, 0) is 26.3 Å². The Labute approximate surface area is 256 Å². The maximum absolute atomic E-state index is 13.0. The summed E-state index contributed by atoms with van der Waals surface area (Å²) < 4.78 is 0. The Hall–Kier alpha value is -4.74. The first-order valence-corrected chi connectivity index (χ1v) is 15.4. The quantitative estimate of drug-likeness (QED) is 0.179. The molecule has 3 aromatic carbocycles. The number of rotatable bonds is 10. The fraction of sp³-hybridized carbons (Fsp3) is 0.156. The molecule has 43 heavy (non-hydrogen) atoms. The smallest absolute Gasteiger partial charge is 0.352 e. The van der Waals surface area contributed by atoms with Gasteiger partial charge in [-0.25, -0.2) is 4.79 Å². The van der Waals surface area contributed by atoms with E-state index in [9.17, 15) is 19.5 Å². The van der Waals surface area contributed by atoms with Crippen LogP contribution in [0.5, 0.6) is 0 Å². The van der Waals surface area contributed by atoms with Gasteiger partial charge >= 0.3 is 5.97 Å². The number of nitrogens with one attached hydrogen (secondary N) is 2. The Morgan fingerprint density at radius 2 is 1.51 bits per heavy atom. The van der Waals surface area contributed by atoms with E-state index in [-0.39, 0.29) is 12.1 Å². The van der Waals surface area contributed by atoms with E-state index >= 15 is 0 Å². The second-order valence-electron chi connectivity index (χ2n) is 9.99. The highest BCUT2D eigenvalue weighted by Crippen LogP contribution is 2.42. The molecule has 0 spiro atoms. The van der Waals surface area contributed by atoms with Gasteiger partial charge in [-0.15, -0.1) is 22.0 Å². The standard InChI is InChI=1S/C32H27N5O4S2/c1-2-20-19-42-29-26(28(39)37(29)27(20)30(40)41)33-24(38)18-25-35-36-31(43-25)34-32(21-12-6-3-7-13-21,22-14-8-4-9-15-22)23-16-10-5-11-17-23/h2-17,26,29H,1,18-19H2,(H,33,38)(H,34,36)(H,40,41)/t26?,29-/m0/s1. The first-order valence-electron chi connectivity index (χ1n) is 13.5. The molecule has 11 heteroatoms. The second kappa shape index (κ2) is 11.9. The minimum absolute atomic E-state index is 0.0743. The molecule has 0 radical (unpaired) electrons. The van der Waals surface area contributed by atoms with Crippen molar-refractivity contribution in [2.24, 2.45) is 0 Å². The first-order chi connectivity index (χ1) is 20.9. The van der Waals surface area contributed by atoms with Crippen molar-refractivity contribution >= 4 is 46.0 Å². The van der Waals surface area contributed by atoms with Crippen LogP contribution in [0.1, 0.15) is 21.7 Å². The Bertz CT molecular complexity index is 1610. The molecule has 9 nitrogen and oxygen atoms in total. The van der Waals surface area contributed by atoms with Crippen molar-refractivity contribution in [3.8, 4) is 0 Å². The summed E-state index contributed by atoms with van der Waals surface area (Å²) in [4.78, 5) is 38.9. The van der Waals surface area contributed by atoms with E-state index in [1.165, 1.54) is 34.1 Å². The number of aromatic nitrogens is 2. The molecule has 2 atom stereocenters. The van der Waals surface area contributed by atoms with Crippen LogP contribution in [0.2, 0.25) is 0 Å². The zero-order valence-corrected chi connectivity index (χ0v) is 24.5. The van der Waals surface area contributed by atoms with Gasteiger partial charge in [-0.05, 0) is 22.3 Å². The van der Waals surface area contributed by atoms with Crippen molar-refractivity contribution < 1.29 is 19.5 Å². The monoisotopic (exact) mass is 609 g/mol. The Morgan fingerprint density at radius 1 is 0.953 bits per heavy atom. The molecule has 1 aromatic heterocycles. The molecular weight excluding hydrogens is 583 g/mol. The minimum atomic E-state index is -1.19. The summed E-state index contributed by atoms with van der Waals surface area (Å²) >= 11 is 2.66. The van der Waals surface area contributed by atoms with Crippen LogP contribution in [0.3, 0.4) is 0 Å². The third-order valence-electron chi connectivity index (χ3n) is 7.46. The van der Waals surface area contributed by atoms with Crippen molar-refractivity contribution in [3.63, 3.8) is 0 Å². The van der Waals surface area contributed by atoms with Gasteiger partial charge in [0, 0.05) is 5.75 Å². The summed E-state index contributed by atoms with van der Waals surface area (Å²) in [6.07, 6.45) is 1.38. The van der Waals surface area contributed by atoms with Gasteiger partial charge in [0.1, 0.15) is 27.7 Å². The molecule has 3 heterocycles. The Balaban J connectivity index is 1.23. The number of carboxylic acids is 1. The predicted molar refractivity (Wildman–Crippen MR) is 166 cm³/mol. The molecule has 1 fully saturated rings. The van der Waals surface area contributed by atoms with Gasteiger partial charge in [0.15, 0.2) is 0 Å². The van der Waals surface area contributed by atoms with E-state index < -0.39 is 34.7 Å². The van der Waals surface area contributed by atoms with Gasteiger partial charge < -0.3 is 15.7 Å². The number of hydrogen-bond donors (Lipinski definition) is 3. The van der Waals surface area contributed by atoms with Crippen molar-refractivity contribution in [3.05, 3.63) is 137 Å². The predicted octanol–water partition coefficient (Wildman–Crippen LogP) is 4.41. The summed E-state index contributed by atoms with van der Waals surface area (Å²) in [5, 5.41) is 25.2. The number of anilines is 1. The SMILES string of the molecule is C=CC1=C(C(=O)O)N2C(=O)C(NC(=O)Cc3nnc(NC(c4ccccc4)(c4ccccc4)c4ccccc4)s3)[C@@H]2SC1. The minimum Gasteiger partial charge on any atom is -0.477 e. The number of carbonyl (C=O) groups is 3. The van der Waals surface area contributed by atoms with Crippen LogP contribution in [0.25, 0.3) is 0 Å². The van der Waals surface area contributed by atoms with Gasteiger partial charge in [0.05, 0.1) is 6.42 Å². The first kappa shape index (κ1) is 28.4. The largest absolute Gasteiger partial charge is 0.477 e. The summed E-state index contributed by atoms with van der Waals surface area (Å²) in [5.41, 5.74) is 2.65. The number of fused-ring (bicyclic) bond motifs is 1. The van der Waals surface area contributed by atoms with Crippen molar-refractivity contribution in [2.45, 2.75) is 23.4 Å². The van der Waals surface area contributed by atoms with Crippen molar-refractivity contribution in [1.29, 1.82) is 0 Å². The van der Waals surface area contributed by atoms with Crippen LogP contribution in [-0.4, -0.2) is 55.2 Å². The highest BCUT2D eigenvalue weighted by molar-refractivity contribution is 8.00. The summed E-state index contributed by atoms with van der Waals surface area (Å²) in [6.45, 7) is 3.66. The molecule has 216 valence electrons. The highest BCUT2D eigenvalue weighted by Gasteiger charge is 2.54. The number of nitrogens with zero attached hydrogens (tertiary/aromatic N) is 3. The van der Waals surface area contributed by atoms with Gasteiger partial charge in [0.25, 0.3) is 5.91 Å². The highest BCUT2D eigenvalue weighted by atomic mass is 32.2. The molecule has 2 aliphatic heterocycles. The van der Waals surface area contributed by atoms with E-state index in [1.54, 1.807) is 0 Å². The normalized spacial score (nSPS) is 18.0. The van der Waals surface area contributed by atoms with Crippen LogP contribution in [0.15, 0.2) is 115 Å². The summed E-state index contributed by atoms with van der Waals surface area (Å²) in [7, 11) is 0. The fourth-order valence-electron chi connectivity index (χ4n) is 5.48. The number of benzene rings is 3. The molecule has 4 aromatic rings. The molecule has 2 amide bonds. The third-order valence-corrected chi connectivity index (χ3v) is 9.60. The zero-order valence-electron chi connectivity index (χ0n) is 22.8. The van der Waals surface area contributed by atoms with Crippen molar-refractivity contribution in [1.82, 2.24) is 20.4 Å². The number of hydrogen-bond acceptors (Lipinski definition) is 8. The topological polar surface area (TPSA) is 125 Å². The molecule has 1 saturated heterocycles. The molecule has 0 bridgehead atoms. The number of allylic oxidation sites excluding steroid dienone is 1. The van der Waals surface area contributed by atoms with E-state index in [1.807, 2.05) is 54.6 Å². The zero-order chi connectivity index (χ0) is 30.0. The summed E-state index contributed by atoms with van der Waals surface area (Å²) in [6, 6.07) is 29.5. The Morgan fingerprint density at radius 3 is 2.02 bits per heavy atom. The Kier molecular flexibility index (Phi) is 7.83. The number of amides is 2. The molecule has 6 rings (SSSR count). The van der Waals surface area contributed by atoms with E-state index in [0.717, 1.165) is 16.7 Å². The molecule has 0 aliphatic carbocycles. The summed E-state index contributed by atoms with van der Waals surface area (Å²) in [5.74, 6) is -1.65. The molecule has 1 unspecified atom stereocenters. The molecule has 2 aliphatic rings.